The van der Waals surface area contributed by atoms with Crippen molar-refractivity contribution in [3.8, 4) is 0 Å². The van der Waals surface area contributed by atoms with Crippen LogP contribution in [0.1, 0.15) is 27.2 Å². The van der Waals surface area contributed by atoms with Crippen LogP contribution >= 0.6 is 0 Å². The monoisotopic (exact) mass is 212 g/mol. The maximum absolute atomic E-state index is 6.14. The van der Waals surface area contributed by atoms with Crippen molar-refractivity contribution in [3.05, 3.63) is 25.3 Å². The van der Waals surface area contributed by atoms with Gasteiger partial charge in [-0.05, 0) is 24.6 Å². The first-order chi connectivity index (χ1) is 6.24. The lowest BCUT2D eigenvalue weighted by atomic mass is 10.2. The first-order valence-corrected chi connectivity index (χ1v) is 8.06. The van der Waals surface area contributed by atoms with Crippen molar-refractivity contribution < 1.29 is 4.43 Å². The quantitative estimate of drug-likeness (QED) is 0.491. The molecule has 1 atom stereocenters. The average molecular weight is 212 g/mol. The van der Waals surface area contributed by atoms with Crippen LogP contribution < -0.4 is 0 Å². The van der Waals surface area contributed by atoms with Crippen molar-refractivity contribution in [2.45, 2.75) is 51.4 Å². The smallest absolute Gasteiger partial charge is 0.192 e. The van der Waals surface area contributed by atoms with Crippen LogP contribution in [0.4, 0.5) is 0 Å². The highest BCUT2D eigenvalue weighted by Gasteiger charge is 2.38. The number of hydrogen-bond donors (Lipinski definition) is 0. The Kier molecular flexibility index (Phi) is 4.82. The molecule has 0 heterocycles. The van der Waals surface area contributed by atoms with Crippen LogP contribution in [0.25, 0.3) is 0 Å². The van der Waals surface area contributed by atoms with Crippen molar-refractivity contribution in [2.24, 2.45) is 0 Å². The van der Waals surface area contributed by atoms with Gasteiger partial charge in [0.05, 0.1) is 6.10 Å². The molecule has 0 radical (unpaired) electrons. The summed E-state index contributed by atoms with van der Waals surface area (Å²) in [5.74, 6) is 0. The van der Waals surface area contributed by atoms with Crippen molar-refractivity contribution >= 4 is 8.32 Å². The molecular weight excluding hydrogens is 188 g/mol. The molecular formula is C12H24OSi. The third-order valence-electron chi connectivity index (χ3n) is 2.91. The van der Waals surface area contributed by atoms with Crippen LogP contribution in [0.15, 0.2) is 25.3 Å². The Hall–Kier alpha value is -0.343. The summed E-state index contributed by atoms with van der Waals surface area (Å²) in [6.45, 7) is 18.8. The van der Waals surface area contributed by atoms with Gasteiger partial charge in [0, 0.05) is 0 Å². The van der Waals surface area contributed by atoms with E-state index in [2.05, 4.69) is 47.0 Å². The van der Waals surface area contributed by atoms with Crippen LogP contribution in [0.2, 0.25) is 18.1 Å². The molecule has 0 aliphatic carbocycles. The van der Waals surface area contributed by atoms with Gasteiger partial charge in [0.15, 0.2) is 8.32 Å². The second-order valence-corrected chi connectivity index (χ2v) is 9.93. The Balaban J connectivity index is 4.46. The van der Waals surface area contributed by atoms with E-state index in [9.17, 15) is 0 Å². The van der Waals surface area contributed by atoms with Gasteiger partial charge >= 0.3 is 0 Å². The molecule has 0 fully saturated rings. The molecule has 0 saturated heterocycles. The summed E-state index contributed by atoms with van der Waals surface area (Å²) in [7, 11) is -1.65. The lowest BCUT2D eigenvalue weighted by molar-refractivity contribution is 0.228. The summed E-state index contributed by atoms with van der Waals surface area (Å²) < 4.78 is 6.14. The molecule has 0 N–H and O–H groups in total. The highest BCUT2D eigenvalue weighted by molar-refractivity contribution is 6.74. The molecule has 0 spiro atoms. The Labute approximate surface area is 90.0 Å². The first-order valence-electron chi connectivity index (χ1n) is 5.16. The fraction of sp³-hybridized carbons (Fsp3) is 0.667. The fourth-order valence-corrected chi connectivity index (χ4v) is 2.21. The van der Waals surface area contributed by atoms with Crippen LogP contribution in [-0.4, -0.2) is 14.4 Å². The van der Waals surface area contributed by atoms with E-state index in [1.807, 2.05) is 12.2 Å². The highest BCUT2D eigenvalue weighted by atomic mass is 28.4. The van der Waals surface area contributed by atoms with E-state index < -0.39 is 8.32 Å². The van der Waals surface area contributed by atoms with Gasteiger partial charge in [-0.3, -0.25) is 0 Å². The predicted molar refractivity (Wildman–Crippen MR) is 67.1 cm³/mol. The Morgan fingerprint density at radius 2 is 1.79 bits per heavy atom. The summed E-state index contributed by atoms with van der Waals surface area (Å²) in [5.41, 5.74) is 0. The molecule has 0 aliphatic rings. The van der Waals surface area contributed by atoms with E-state index in [-0.39, 0.29) is 11.1 Å². The summed E-state index contributed by atoms with van der Waals surface area (Å²) in [6, 6.07) is 0. The third kappa shape index (κ3) is 3.80. The largest absolute Gasteiger partial charge is 0.410 e. The molecule has 0 saturated carbocycles. The lowest BCUT2D eigenvalue weighted by Gasteiger charge is -2.38. The number of hydrogen-bond acceptors (Lipinski definition) is 1. The lowest BCUT2D eigenvalue weighted by Crippen LogP contribution is -2.43. The second kappa shape index (κ2) is 4.94. The Morgan fingerprint density at radius 3 is 2.07 bits per heavy atom. The van der Waals surface area contributed by atoms with Crippen LogP contribution in [0.3, 0.4) is 0 Å². The zero-order chi connectivity index (χ0) is 11.4. The van der Waals surface area contributed by atoms with E-state index in [0.717, 1.165) is 6.42 Å². The van der Waals surface area contributed by atoms with Crippen LogP contribution in [-0.2, 0) is 4.43 Å². The summed E-state index contributed by atoms with van der Waals surface area (Å²) in [5, 5.41) is 0.259. The zero-order valence-electron chi connectivity index (χ0n) is 10.3. The van der Waals surface area contributed by atoms with E-state index >= 15 is 0 Å². The first kappa shape index (κ1) is 13.7. The molecule has 14 heavy (non-hydrogen) atoms. The van der Waals surface area contributed by atoms with Gasteiger partial charge in [0.2, 0.25) is 0 Å². The SMILES string of the molecule is C=CC[C@H](C=C)O[Si](C)(C)C(C)(C)C. The van der Waals surface area contributed by atoms with Gasteiger partial charge < -0.3 is 4.43 Å². The summed E-state index contributed by atoms with van der Waals surface area (Å²) in [4.78, 5) is 0. The van der Waals surface area contributed by atoms with Gasteiger partial charge in [-0.2, -0.15) is 0 Å². The van der Waals surface area contributed by atoms with Gasteiger partial charge in [0.25, 0.3) is 0 Å². The molecule has 0 rings (SSSR count). The standard InChI is InChI=1S/C12H24OSi/c1-8-10-11(9-2)13-14(6,7)12(3,4)5/h8-9,11H,1-2,10H2,3-7H3/t11-/m0/s1. The van der Waals surface area contributed by atoms with E-state index in [1.165, 1.54) is 0 Å². The third-order valence-corrected chi connectivity index (χ3v) is 7.42. The van der Waals surface area contributed by atoms with E-state index in [4.69, 9.17) is 4.43 Å². The molecule has 0 aromatic heterocycles. The summed E-state index contributed by atoms with van der Waals surface area (Å²) in [6.07, 6.45) is 4.76. The molecule has 2 heteroatoms. The molecule has 0 unspecified atom stereocenters. The topological polar surface area (TPSA) is 9.23 Å². The highest BCUT2D eigenvalue weighted by Crippen LogP contribution is 2.37. The van der Waals surface area contributed by atoms with Crippen molar-refractivity contribution in [2.75, 3.05) is 0 Å². The van der Waals surface area contributed by atoms with Crippen molar-refractivity contribution in [1.82, 2.24) is 0 Å². The van der Waals surface area contributed by atoms with Crippen molar-refractivity contribution in [3.63, 3.8) is 0 Å². The normalized spacial score (nSPS) is 14.9. The maximum Gasteiger partial charge on any atom is 0.192 e. The van der Waals surface area contributed by atoms with E-state index in [1.54, 1.807) is 0 Å². The summed E-state index contributed by atoms with van der Waals surface area (Å²) >= 11 is 0. The molecule has 0 aromatic rings. The average Bonchev–Trinajstić information content (AvgIpc) is 2.01. The van der Waals surface area contributed by atoms with Gasteiger partial charge in [-0.15, -0.1) is 13.2 Å². The van der Waals surface area contributed by atoms with Gasteiger partial charge in [-0.1, -0.05) is 32.9 Å². The zero-order valence-corrected chi connectivity index (χ0v) is 11.3. The molecule has 82 valence electrons. The fourth-order valence-electron chi connectivity index (χ4n) is 0.912. The Bertz CT molecular complexity index is 201. The van der Waals surface area contributed by atoms with E-state index in [0.29, 0.717) is 0 Å². The van der Waals surface area contributed by atoms with Crippen LogP contribution in [0.5, 0.6) is 0 Å². The number of rotatable bonds is 5. The van der Waals surface area contributed by atoms with Gasteiger partial charge in [0.1, 0.15) is 0 Å². The molecule has 0 aromatic carbocycles. The minimum absolute atomic E-state index is 0.133. The molecule has 0 amide bonds. The maximum atomic E-state index is 6.14. The minimum Gasteiger partial charge on any atom is -0.410 e. The van der Waals surface area contributed by atoms with Crippen LogP contribution in [0, 0.1) is 0 Å². The van der Waals surface area contributed by atoms with Crippen molar-refractivity contribution in [1.29, 1.82) is 0 Å². The molecule has 0 aliphatic heterocycles. The van der Waals surface area contributed by atoms with Gasteiger partial charge in [-0.25, -0.2) is 0 Å². The minimum atomic E-state index is -1.65. The second-order valence-electron chi connectivity index (χ2n) is 5.18. The Morgan fingerprint density at radius 1 is 1.29 bits per heavy atom. The predicted octanol–water partition coefficient (Wildman–Crippen LogP) is 4.14. The molecule has 1 nitrogen and oxygen atoms in total. The molecule has 0 bridgehead atoms.